The summed E-state index contributed by atoms with van der Waals surface area (Å²) >= 11 is 1.77. The molecule has 0 radical (unpaired) electrons. The van der Waals surface area contributed by atoms with Crippen LogP contribution in [0.5, 0.6) is 0 Å². The fraction of sp³-hybridized carbons (Fsp3) is 0.643. The lowest BCUT2D eigenvalue weighted by Gasteiger charge is -2.14. The lowest BCUT2D eigenvalue weighted by Crippen LogP contribution is -2.30. The molecule has 1 amide bonds. The largest absolute Gasteiger partial charge is 0.467 e. The molecule has 1 heterocycles. The third-order valence-electron chi connectivity index (χ3n) is 3.38. The molecule has 1 N–H and O–H groups in total. The van der Waals surface area contributed by atoms with Crippen molar-refractivity contribution in [3.63, 3.8) is 0 Å². The standard InChI is InChI=1S/C14H21NO3S/c1-17-13(12-7-4-8-18-12)9-15-14(16)10-19-11-5-2-3-6-11/h4,7-8,11,13H,2-3,5-6,9-10H2,1H3,(H,15,16). The lowest BCUT2D eigenvalue weighted by atomic mass is 10.2. The van der Waals surface area contributed by atoms with E-state index in [1.807, 2.05) is 12.1 Å². The molecule has 0 saturated heterocycles. The monoisotopic (exact) mass is 283 g/mol. The van der Waals surface area contributed by atoms with E-state index in [1.54, 1.807) is 25.1 Å². The molecule has 0 aromatic carbocycles. The molecule has 1 saturated carbocycles. The maximum Gasteiger partial charge on any atom is 0.230 e. The summed E-state index contributed by atoms with van der Waals surface area (Å²) in [4.78, 5) is 11.8. The van der Waals surface area contributed by atoms with Crippen molar-refractivity contribution < 1.29 is 13.9 Å². The van der Waals surface area contributed by atoms with Crippen LogP contribution in [0.1, 0.15) is 37.5 Å². The van der Waals surface area contributed by atoms with Crippen LogP contribution in [0.4, 0.5) is 0 Å². The van der Waals surface area contributed by atoms with Crippen LogP contribution in [0.25, 0.3) is 0 Å². The predicted molar refractivity (Wildman–Crippen MR) is 76.2 cm³/mol. The van der Waals surface area contributed by atoms with Crippen LogP contribution in [0.2, 0.25) is 0 Å². The van der Waals surface area contributed by atoms with Crippen LogP contribution in [0.15, 0.2) is 22.8 Å². The van der Waals surface area contributed by atoms with E-state index >= 15 is 0 Å². The molecule has 1 unspecified atom stereocenters. The van der Waals surface area contributed by atoms with Gasteiger partial charge >= 0.3 is 0 Å². The number of furan rings is 1. The van der Waals surface area contributed by atoms with Gasteiger partial charge in [0, 0.05) is 12.4 Å². The third kappa shape index (κ3) is 4.58. The second-order valence-electron chi connectivity index (χ2n) is 4.76. The molecule has 0 bridgehead atoms. The Hall–Kier alpha value is -0.940. The molecule has 1 aliphatic carbocycles. The number of methoxy groups -OCH3 is 1. The van der Waals surface area contributed by atoms with Crippen molar-refractivity contribution in [2.75, 3.05) is 19.4 Å². The molecule has 2 rings (SSSR count). The van der Waals surface area contributed by atoms with Gasteiger partial charge < -0.3 is 14.5 Å². The van der Waals surface area contributed by atoms with Crippen LogP contribution >= 0.6 is 11.8 Å². The number of nitrogens with one attached hydrogen (secondary N) is 1. The number of thioether (sulfide) groups is 1. The molecule has 0 aliphatic heterocycles. The number of rotatable bonds is 7. The second kappa shape index (κ2) is 7.60. The van der Waals surface area contributed by atoms with Crippen molar-refractivity contribution in [2.45, 2.75) is 37.0 Å². The fourth-order valence-corrected chi connectivity index (χ4v) is 3.44. The number of ether oxygens (including phenoxy) is 1. The van der Waals surface area contributed by atoms with Crippen molar-refractivity contribution in [1.82, 2.24) is 5.32 Å². The van der Waals surface area contributed by atoms with Crippen molar-refractivity contribution in [2.24, 2.45) is 0 Å². The van der Waals surface area contributed by atoms with Crippen molar-refractivity contribution in [1.29, 1.82) is 0 Å². The summed E-state index contributed by atoms with van der Waals surface area (Å²) in [6.45, 7) is 0.452. The van der Waals surface area contributed by atoms with Gasteiger partial charge in [-0.3, -0.25) is 4.79 Å². The van der Waals surface area contributed by atoms with E-state index in [4.69, 9.17) is 9.15 Å². The summed E-state index contributed by atoms with van der Waals surface area (Å²) in [6, 6.07) is 3.67. The first kappa shape index (κ1) is 14.5. The van der Waals surface area contributed by atoms with E-state index in [2.05, 4.69) is 5.32 Å². The van der Waals surface area contributed by atoms with Crippen LogP contribution in [0.3, 0.4) is 0 Å². The van der Waals surface area contributed by atoms with Crippen molar-refractivity contribution >= 4 is 17.7 Å². The summed E-state index contributed by atoms with van der Waals surface area (Å²) in [6.07, 6.45) is 6.53. The average molecular weight is 283 g/mol. The predicted octanol–water partition coefficient (Wildman–Crippen LogP) is 2.76. The first-order chi connectivity index (χ1) is 9.29. The van der Waals surface area contributed by atoms with Crippen LogP contribution < -0.4 is 5.32 Å². The Morgan fingerprint density at radius 3 is 3.00 bits per heavy atom. The molecule has 19 heavy (non-hydrogen) atoms. The molecular weight excluding hydrogens is 262 g/mol. The highest BCUT2D eigenvalue weighted by molar-refractivity contribution is 8.00. The van der Waals surface area contributed by atoms with E-state index in [9.17, 15) is 4.79 Å². The molecule has 106 valence electrons. The first-order valence-corrected chi connectivity index (χ1v) is 7.79. The summed E-state index contributed by atoms with van der Waals surface area (Å²) in [7, 11) is 1.62. The van der Waals surface area contributed by atoms with E-state index in [-0.39, 0.29) is 12.0 Å². The van der Waals surface area contributed by atoms with Gasteiger partial charge in [0.2, 0.25) is 5.91 Å². The Morgan fingerprint density at radius 2 is 2.37 bits per heavy atom. The van der Waals surface area contributed by atoms with Gasteiger partial charge in [-0.05, 0) is 25.0 Å². The first-order valence-electron chi connectivity index (χ1n) is 6.74. The molecule has 4 nitrogen and oxygen atoms in total. The van der Waals surface area contributed by atoms with Gasteiger partial charge in [-0.2, -0.15) is 0 Å². The van der Waals surface area contributed by atoms with Gasteiger partial charge in [0.1, 0.15) is 11.9 Å². The van der Waals surface area contributed by atoms with Crippen LogP contribution in [0, 0.1) is 0 Å². The zero-order chi connectivity index (χ0) is 13.5. The summed E-state index contributed by atoms with van der Waals surface area (Å²) in [5.41, 5.74) is 0. The zero-order valence-corrected chi connectivity index (χ0v) is 12.1. The Bertz CT molecular complexity index is 374. The van der Waals surface area contributed by atoms with Gasteiger partial charge in [-0.1, -0.05) is 12.8 Å². The summed E-state index contributed by atoms with van der Waals surface area (Å²) in [5.74, 6) is 1.36. The number of hydrogen-bond acceptors (Lipinski definition) is 4. The van der Waals surface area contributed by atoms with Gasteiger partial charge in [-0.15, -0.1) is 11.8 Å². The van der Waals surface area contributed by atoms with Crippen molar-refractivity contribution in [3.8, 4) is 0 Å². The summed E-state index contributed by atoms with van der Waals surface area (Å²) < 4.78 is 10.6. The van der Waals surface area contributed by atoms with Crippen LogP contribution in [-0.4, -0.2) is 30.6 Å². The minimum Gasteiger partial charge on any atom is -0.467 e. The molecule has 1 atom stereocenters. The molecule has 0 spiro atoms. The maximum absolute atomic E-state index is 11.8. The Balaban J connectivity index is 1.67. The topological polar surface area (TPSA) is 51.5 Å². The molecule has 1 aromatic rings. The molecule has 1 aromatic heterocycles. The molecular formula is C14H21NO3S. The van der Waals surface area contributed by atoms with Gasteiger partial charge in [-0.25, -0.2) is 0 Å². The van der Waals surface area contributed by atoms with E-state index < -0.39 is 0 Å². The van der Waals surface area contributed by atoms with Crippen LogP contribution in [-0.2, 0) is 9.53 Å². The minimum atomic E-state index is -0.213. The second-order valence-corrected chi connectivity index (χ2v) is 6.05. The third-order valence-corrected chi connectivity index (χ3v) is 4.75. The van der Waals surface area contributed by atoms with E-state index in [1.165, 1.54) is 25.7 Å². The average Bonchev–Trinajstić information content (AvgIpc) is 3.10. The number of amides is 1. The minimum absolute atomic E-state index is 0.0745. The number of carbonyl (C=O) groups excluding carboxylic acids is 1. The van der Waals surface area contributed by atoms with Crippen molar-refractivity contribution in [3.05, 3.63) is 24.2 Å². The Kier molecular flexibility index (Phi) is 5.79. The molecule has 1 fully saturated rings. The SMILES string of the molecule is COC(CNC(=O)CSC1CCCC1)c1ccco1. The zero-order valence-electron chi connectivity index (χ0n) is 11.3. The normalized spacial score (nSPS) is 17.5. The Morgan fingerprint density at radius 1 is 1.58 bits per heavy atom. The number of hydrogen-bond donors (Lipinski definition) is 1. The summed E-state index contributed by atoms with van der Waals surface area (Å²) in [5, 5.41) is 3.58. The smallest absolute Gasteiger partial charge is 0.230 e. The highest BCUT2D eigenvalue weighted by atomic mass is 32.2. The molecule has 1 aliphatic rings. The highest BCUT2D eigenvalue weighted by Gasteiger charge is 2.18. The quantitative estimate of drug-likeness (QED) is 0.836. The molecule has 5 heteroatoms. The van der Waals surface area contributed by atoms with Gasteiger partial charge in [0.25, 0.3) is 0 Å². The highest BCUT2D eigenvalue weighted by Crippen LogP contribution is 2.29. The van der Waals surface area contributed by atoms with Gasteiger partial charge in [0.05, 0.1) is 18.6 Å². The fourth-order valence-electron chi connectivity index (χ4n) is 2.28. The lowest BCUT2D eigenvalue weighted by molar-refractivity contribution is -0.119. The van der Waals surface area contributed by atoms with E-state index in [0.29, 0.717) is 17.5 Å². The van der Waals surface area contributed by atoms with E-state index in [0.717, 1.165) is 5.76 Å². The van der Waals surface area contributed by atoms with Gasteiger partial charge in [0.15, 0.2) is 0 Å². The number of carbonyl (C=O) groups is 1. The maximum atomic E-state index is 11.8. The Labute approximate surface area is 118 Å².